The van der Waals surface area contributed by atoms with Crippen molar-refractivity contribution in [2.75, 3.05) is 5.32 Å². The van der Waals surface area contributed by atoms with Gasteiger partial charge in [0.2, 0.25) is 5.91 Å². The summed E-state index contributed by atoms with van der Waals surface area (Å²) in [6.45, 7) is 0. The molecule has 4 heteroatoms. The fourth-order valence-corrected chi connectivity index (χ4v) is 1.18. The number of anilines is 1. The fourth-order valence-electron chi connectivity index (χ4n) is 1.18. The molecule has 1 aliphatic rings. The lowest BCUT2D eigenvalue weighted by Crippen LogP contribution is -2.03. The number of hydrogen-bond acceptors (Lipinski definition) is 3. The van der Waals surface area contributed by atoms with E-state index in [4.69, 9.17) is 5.26 Å². The highest BCUT2D eigenvalue weighted by Gasteiger charge is 2.17. The summed E-state index contributed by atoms with van der Waals surface area (Å²) in [6, 6.07) is 3.55. The van der Waals surface area contributed by atoms with Crippen molar-refractivity contribution in [1.82, 2.24) is 4.98 Å². The van der Waals surface area contributed by atoms with Crippen LogP contribution in [-0.2, 0) is 11.2 Å². The van der Waals surface area contributed by atoms with E-state index in [0.29, 0.717) is 12.1 Å². The Morgan fingerprint density at radius 2 is 2.50 bits per heavy atom. The summed E-state index contributed by atoms with van der Waals surface area (Å²) in [6.07, 6.45) is 1.87. The molecule has 1 N–H and O–H groups in total. The summed E-state index contributed by atoms with van der Waals surface area (Å²) >= 11 is 0. The van der Waals surface area contributed by atoms with Crippen molar-refractivity contribution in [2.24, 2.45) is 0 Å². The Morgan fingerprint density at radius 3 is 3.25 bits per heavy atom. The first-order valence-electron chi connectivity index (χ1n) is 3.48. The van der Waals surface area contributed by atoms with Crippen LogP contribution in [0.3, 0.4) is 0 Å². The van der Waals surface area contributed by atoms with Gasteiger partial charge in [0.15, 0.2) is 0 Å². The van der Waals surface area contributed by atoms with E-state index >= 15 is 0 Å². The van der Waals surface area contributed by atoms with Gasteiger partial charge in [-0.1, -0.05) is 0 Å². The van der Waals surface area contributed by atoms with Crippen molar-refractivity contribution in [1.29, 1.82) is 5.26 Å². The largest absolute Gasteiger partial charge is 0.324 e. The van der Waals surface area contributed by atoms with Gasteiger partial charge in [-0.2, -0.15) is 5.26 Å². The molecule has 0 saturated heterocycles. The van der Waals surface area contributed by atoms with Crippen LogP contribution in [0.5, 0.6) is 0 Å². The fraction of sp³-hybridized carbons (Fsp3) is 0.125. The zero-order valence-corrected chi connectivity index (χ0v) is 6.16. The number of hydrogen-bond donors (Lipinski definition) is 1. The van der Waals surface area contributed by atoms with E-state index in [9.17, 15) is 4.79 Å². The molecular formula is C8H5N3O. The van der Waals surface area contributed by atoms with E-state index in [1.807, 2.05) is 6.07 Å². The molecule has 0 fully saturated rings. The number of pyridine rings is 1. The van der Waals surface area contributed by atoms with Gasteiger partial charge in [-0.15, -0.1) is 0 Å². The number of amides is 1. The number of carbonyl (C=O) groups excluding carboxylic acids is 1. The zero-order chi connectivity index (χ0) is 8.55. The molecule has 0 aromatic carbocycles. The molecule has 58 valence electrons. The average molecular weight is 159 g/mol. The lowest BCUT2D eigenvalue weighted by Gasteiger charge is -1.95. The summed E-state index contributed by atoms with van der Waals surface area (Å²) in [5.41, 5.74) is 1.93. The van der Waals surface area contributed by atoms with Gasteiger partial charge >= 0.3 is 0 Å². The molecule has 1 aliphatic heterocycles. The maximum atomic E-state index is 10.9. The van der Waals surface area contributed by atoms with Crippen molar-refractivity contribution < 1.29 is 4.79 Å². The Balaban J connectivity index is 2.50. The minimum Gasteiger partial charge on any atom is -0.324 e. The normalized spacial score (nSPS) is 13.4. The van der Waals surface area contributed by atoms with Crippen LogP contribution in [0.4, 0.5) is 5.69 Å². The third-order valence-corrected chi connectivity index (χ3v) is 1.73. The third kappa shape index (κ3) is 0.920. The average Bonchev–Trinajstić information content (AvgIpc) is 2.43. The predicted molar refractivity (Wildman–Crippen MR) is 41.3 cm³/mol. The number of nitriles is 1. The minimum absolute atomic E-state index is 0.0399. The van der Waals surface area contributed by atoms with Crippen LogP contribution >= 0.6 is 0 Å². The first-order chi connectivity index (χ1) is 5.79. The number of carbonyl (C=O) groups is 1. The molecule has 0 spiro atoms. The highest BCUT2D eigenvalue weighted by molar-refractivity contribution is 5.98. The molecule has 0 bridgehead atoms. The first kappa shape index (κ1) is 6.80. The van der Waals surface area contributed by atoms with Crippen molar-refractivity contribution in [2.45, 2.75) is 6.42 Å². The summed E-state index contributed by atoms with van der Waals surface area (Å²) in [7, 11) is 0. The van der Waals surface area contributed by atoms with Crippen molar-refractivity contribution in [3.05, 3.63) is 23.5 Å². The van der Waals surface area contributed by atoms with E-state index in [1.54, 1.807) is 6.07 Å². The van der Waals surface area contributed by atoms with Crippen LogP contribution in [0, 0.1) is 11.3 Å². The number of fused-ring (bicyclic) bond motifs is 1. The van der Waals surface area contributed by atoms with Gasteiger partial charge in [0, 0.05) is 0 Å². The molecular weight excluding hydrogens is 154 g/mol. The number of nitrogens with zero attached hydrogens (tertiary/aromatic N) is 2. The smallest absolute Gasteiger partial charge is 0.228 e. The Hall–Kier alpha value is -1.89. The van der Waals surface area contributed by atoms with Gasteiger partial charge in [-0.25, -0.2) is 4.98 Å². The zero-order valence-electron chi connectivity index (χ0n) is 6.16. The number of rotatable bonds is 0. The van der Waals surface area contributed by atoms with E-state index < -0.39 is 0 Å². The molecule has 0 aliphatic carbocycles. The SMILES string of the molecule is N#Cc1cc2c(cn1)NC(=O)C2. The summed E-state index contributed by atoms with van der Waals surface area (Å²) < 4.78 is 0. The maximum absolute atomic E-state index is 10.9. The quantitative estimate of drug-likeness (QED) is 0.597. The first-order valence-corrected chi connectivity index (χ1v) is 3.48. The van der Waals surface area contributed by atoms with Crippen LogP contribution in [-0.4, -0.2) is 10.9 Å². The lowest BCUT2D eigenvalue weighted by atomic mass is 10.2. The second-order valence-electron chi connectivity index (χ2n) is 2.56. The van der Waals surface area contributed by atoms with E-state index in [-0.39, 0.29) is 5.91 Å². The number of aromatic nitrogens is 1. The Labute approximate surface area is 68.8 Å². The Bertz CT molecular complexity index is 392. The molecule has 0 atom stereocenters. The van der Waals surface area contributed by atoms with E-state index in [1.165, 1.54) is 6.20 Å². The molecule has 2 heterocycles. The van der Waals surface area contributed by atoms with Crippen LogP contribution in [0.25, 0.3) is 0 Å². The van der Waals surface area contributed by atoms with Crippen molar-refractivity contribution in [3.8, 4) is 6.07 Å². The Morgan fingerprint density at radius 1 is 1.67 bits per heavy atom. The predicted octanol–water partition coefficient (Wildman–Crippen LogP) is 0.448. The molecule has 1 aromatic heterocycles. The lowest BCUT2D eigenvalue weighted by molar-refractivity contribution is -0.115. The van der Waals surface area contributed by atoms with Crippen LogP contribution in [0.2, 0.25) is 0 Å². The molecule has 0 radical (unpaired) electrons. The second kappa shape index (κ2) is 2.31. The van der Waals surface area contributed by atoms with Gasteiger partial charge in [0.1, 0.15) is 11.8 Å². The highest BCUT2D eigenvalue weighted by atomic mass is 16.1. The van der Waals surface area contributed by atoms with Crippen molar-refractivity contribution >= 4 is 11.6 Å². The minimum atomic E-state index is -0.0399. The summed E-state index contributed by atoms with van der Waals surface area (Å²) in [5, 5.41) is 11.2. The van der Waals surface area contributed by atoms with Gasteiger partial charge in [0.05, 0.1) is 18.3 Å². The van der Waals surface area contributed by atoms with Gasteiger partial charge in [-0.05, 0) is 11.6 Å². The Kier molecular flexibility index (Phi) is 1.31. The molecule has 0 saturated carbocycles. The molecule has 0 unspecified atom stereocenters. The third-order valence-electron chi connectivity index (χ3n) is 1.73. The highest BCUT2D eigenvalue weighted by Crippen LogP contribution is 2.21. The molecule has 1 amide bonds. The van der Waals surface area contributed by atoms with Gasteiger partial charge in [-0.3, -0.25) is 4.79 Å². The van der Waals surface area contributed by atoms with Gasteiger partial charge < -0.3 is 5.32 Å². The van der Waals surface area contributed by atoms with Crippen LogP contribution in [0.1, 0.15) is 11.3 Å². The molecule has 1 aromatic rings. The van der Waals surface area contributed by atoms with Crippen molar-refractivity contribution in [3.63, 3.8) is 0 Å². The van der Waals surface area contributed by atoms with E-state index in [2.05, 4.69) is 10.3 Å². The van der Waals surface area contributed by atoms with Crippen LogP contribution < -0.4 is 5.32 Å². The number of nitrogens with one attached hydrogen (secondary N) is 1. The molecule has 12 heavy (non-hydrogen) atoms. The van der Waals surface area contributed by atoms with Gasteiger partial charge in [0.25, 0.3) is 0 Å². The van der Waals surface area contributed by atoms with E-state index in [0.717, 1.165) is 11.3 Å². The molecule has 2 rings (SSSR count). The van der Waals surface area contributed by atoms with Crippen LogP contribution in [0.15, 0.2) is 12.3 Å². The monoisotopic (exact) mass is 159 g/mol. The summed E-state index contributed by atoms with van der Waals surface area (Å²) in [4.78, 5) is 14.7. The summed E-state index contributed by atoms with van der Waals surface area (Å²) in [5.74, 6) is -0.0399. The topological polar surface area (TPSA) is 65.8 Å². The second-order valence-corrected chi connectivity index (χ2v) is 2.56. The standard InChI is InChI=1S/C8H5N3O/c9-3-6-1-5-2-8(12)11-7(5)4-10-6/h1,4H,2H2,(H,11,12). The molecule has 4 nitrogen and oxygen atoms in total. The maximum Gasteiger partial charge on any atom is 0.228 e.